The van der Waals surface area contributed by atoms with Crippen LogP contribution >= 0.6 is 0 Å². The maximum absolute atomic E-state index is 10.6. The van der Waals surface area contributed by atoms with E-state index in [0.29, 0.717) is 6.54 Å². The lowest BCUT2D eigenvalue weighted by molar-refractivity contribution is 0.506. The fourth-order valence-corrected chi connectivity index (χ4v) is 1.74. The second-order valence-corrected chi connectivity index (χ2v) is 4.02. The molecule has 2 N–H and O–H groups in total. The third-order valence-electron chi connectivity index (χ3n) is 1.23. The van der Waals surface area contributed by atoms with Crippen LogP contribution < -0.4 is 10.0 Å². The molecule has 0 radical (unpaired) electrons. The molecule has 5 heteroatoms. The first kappa shape index (κ1) is 6.98. The van der Waals surface area contributed by atoms with Crippen molar-refractivity contribution in [2.75, 3.05) is 12.4 Å². The molecule has 1 unspecified atom stereocenters. The average molecular weight is 150 g/mol. The highest BCUT2D eigenvalue weighted by Crippen LogP contribution is 1.91. The summed E-state index contributed by atoms with van der Waals surface area (Å²) < 4.78 is 23.7. The van der Waals surface area contributed by atoms with Crippen molar-refractivity contribution in [3.63, 3.8) is 0 Å². The van der Waals surface area contributed by atoms with Crippen molar-refractivity contribution in [1.82, 2.24) is 10.0 Å². The van der Waals surface area contributed by atoms with Crippen LogP contribution in [0.2, 0.25) is 0 Å². The second kappa shape index (κ2) is 2.24. The summed E-state index contributed by atoms with van der Waals surface area (Å²) in [6, 6.07) is 0.258. The third-order valence-corrected chi connectivity index (χ3v) is 2.38. The van der Waals surface area contributed by atoms with E-state index in [-0.39, 0.29) is 11.9 Å². The van der Waals surface area contributed by atoms with Gasteiger partial charge < -0.3 is 0 Å². The largest absolute Gasteiger partial charge is 0.299 e. The molecular weight excluding hydrogens is 140 g/mol. The van der Waals surface area contributed by atoms with Gasteiger partial charge in [-0.15, -0.1) is 0 Å². The zero-order valence-electron chi connectivity index (χ0n) is 5.22. The van der Waals surface area contributed by atoms with Gasteiger partial charge in [0.05, 0.1) is 0 Å². The monoisotopic (exact) mass is 150 g/mol. The molecule has 0 aromatic rings. The standard InChI is InChI=1S/C4H10N2O2S/c1-4-2-6-9(7,8)3-5-4/h4-6H,2-3H2,1H3. The Morgan fingerprint density at radius 3 is 2.56 bits per heavy atom. The van der Waals surface area contributed by atoms with Crippen LogP contribution in [0.15, 0.2) is 0 Å². The van der Waals surface area contributed by atoms with Gasteiger partial charge in [0, 0.05) is 12.6 Å². The molecule has 0 aromatic carbocycles. The summed E-state index contributed by atoms with van der Waals surface area (Å²) in [5, 5.41) is 2.82. The molecular formula is C4H10N2O2S. The second-order valence-electron chi connectivity index (χ2n) is 2.21. The summed E-state index contributed by atoms with van der Waals surface area (Å²) in [6.07, 6.45) is 0. The summed E-state index contributed by atoms with van der Waals surface area (Å²) in [4.78, 5) is 0. The van der Waals surface area contributed by atoms with Crippen LogP contribution in [0.25, 0.3) is 0 Å². The van der Waals surface area contributed by atoms with Gasteiger partial charge in [-0.1, -0.05) is 0 Å². The topological polar surface area (TPSA) is 58.2 Å². The van der Waals surface area contributed by atoms with Crippen molar-refractivity contribution in [2.45, 2.75) is 13.0 Å². The van der Waals surface area contributed by atoms with E-state index in [4.69, 9.17) is 0 Å². The van der Waals surface area contributed by atoms with Crippen LogP contribution in [0.1, 0.15) is 6.92 Å². The Kier molecular flexibility index (Phi) is 1.74. The van der Waals surface area contributed by atoms with Crippen molar-refractivity contribution < 1.29 is 8.42 Å². The molecule has 1 atom stereocenters. The van der Waals surface area contributed by atoms with Gasteiger partial charge in [0.25, 0.3) is 0 Å². The Balaban J connectivity index is 2.55. The Labute approximate surface area is 54.7 Å². The summed E-state index contributed by atoms with van der Waals surface area (Å²) in [6.45, 7) is 2.43. The van der Waals surface area contributed by atoms with Crippen molar-refractivity contribution in [3.8, 4) is 0 Å². The normalized spacial score (nSPS) is 34.1. The summed E-state index contributed by atoms with van der Waals surface area (Å²) >= 11 is 0. The van der Waals surface area contributed by atoms with Gasteiger partial charge in [-0.25, -0.2) is 13.1 Å². The van der Waals surface area contributed by atoms with Gasteiger partial charge >= 0.3 is 0 Å². The first-order valence-corrected chi connectivity index (χ1v) is 4.46. The van der Waals surface area contributed by atoms with E-state index in [1.54, 1.807) is 0 Å². The number of rotatable bonds is 0. The Morgan fingerprint density at radius 1 is 1.56 bits per heavy atom. The molecule has 4 nitrogen and oxygen atoms in total. The van der Waals surface area contributed by atoms with Crippen molar-refractivity contribution in [1.29, 1.82) is 0 Å². The maximum atomic E-state index is 10.6. The number of hydrogen-bond donors (Lipinski definition) is 2. The van der Waals surface area contributed by atoms with Crippen LogP contribution in [-0.2, 0) is 10.0 Å². The van der Waals surface area contributed by atoms with Crippen LogP contribution in [0.4, 0.5) is 0 Å². The first-order valence-electron chi connectivity index (χ1n) is 2.81. The molecule has 9 heavy (non-hydrogen) atoms. The smallest absolute Gasteiger partial charge is 0.224 e. The lowest BCUT2D eigenvalue weighted by atomic mass is 10.4. The Morgan fingerprint density at radius 2 is 2.22 bits per heavy atom. The highest BCUT2D eigenvalue weighted by atomic mass is 32.2. The molecule has 1 saturated heterocycles. The number of nitrogens with one attached hydrogen (secondary N) is 2. The van der Waals surface area contributed by atoms with Gasteiger partial charge in [-0.3, -0.25) is 5.32 Å². The number of sulfonamides is 1. The van der Waals surface area contributed by atoms with Crippen molar-refractivity contribution in [3.05, 3.63) is 0 Å². The fourth-order valence-electron chi connectivity index (χ4n) is 0.627. The molecule has 0 aliphatic carbocycles. The summed E-state index contributed by atoms with van der Waals surface area (Å²) in [7, 11) is -2.98. The molecule has 54 valence electrons. The summed E-state index contributed by atoms with van der Waals surface area (Å²) in [5.41, 5.74) is 0. The molecule has 1 aliphatic heterocycles. The zero-order valence-corrected chi connectivity index (χ0v) is 6.03. The molecule has 0 aromatic heterocycles. The Hall–Kier alpha value is -0.130. The Bertz CT molecular complexity index is 173. The SMILES string of the molecule is CC1CNS(=O)(=O)CN1. The number of hydrogen-bond acceptors (Lipinski definition) is 3. The molecule has 1 aliphatic rings. The van der Waals surface area contributed by atoms with Crippen LogP contribution in [-0.4, -0.2) is 26.9 Å². The highest BCUT2D eigenvalue weighted by molar-refractivity contribution is 7.89. The predicted molar refractivity (Wildman–Crippen MR) is 34.4 cm³/mol. The zero-order chi connectivity index (χ0) is 6.91. The molecule has 0 saturated carbocycles. The van der Waals surface area contributed by atoms with E-state index in [1.807, 2.05) is 6.92 Å². The van der Waals surface area contributed by atoms with E-state index in [0.717, 1.165) is 0 Å². The van der Waals surface area contributed by atoms with E-state index in [9.17, 15) is 8.42 Å². The molecule has 0 bridgehead atoms. The van der Waals surface area contributed by atoms with Crippen LogP contribution in [0.5, 0.6) is 0 Å². The lowest BCUT2D eigenvalue weighted by Crippen LogP contribution is -2.49. The lowest BCUT2D eigenvalue weighted by Gasteiger charge is -2.20. The molecule has 1 fully saturated rings. The van der Waals surface area contributed by atoms with Gasteiger partial charge in [-0.2, -0.15) is 0 Å². The predicted octanol–water partition coefficient (Wildman–Crippen LogP) is -1.14. The summed E-state index contributed by atoms with van der Waals surface area (Å²) in [5.74, 6) is 0.0498. The van der Waals surface area contributed by atoms with E-state index >= 15 is 0 Å². The first-order chi connectivity index (χ1) is 4.10. The highest BCUT2D eigenvalue weighted by Gasteiger charge is 2.17. The minimum Gasteiger partial charge on any atom is -0.299 e. The van der Waals surface area contributed by atoms with Crippen LogP contribution in [0, 0.1) is 0 Å². The van der Waals surface area contributed by atoms with E-state index < -0.39 is 10.0 Å². The van der Waals surface area contributed by atoms with Crippen LogP contribution in [0.3, 0.4) is 0 Å². The fraction of sp³-hybridized carbons (Fsp3) is 1.00. The minimum atomic E-state index is -2.98. The molecule has 0 spiro atoms. The van der Waals surface area contributed by atoms with E-state index in [2.05, 4.69) is 10.0 Å². The van der Waals surface area contributed by atoms with Crippen molar-refractivity contribution in [2.24, 2.45) is 0 Å². The van der Waals surface area contributed by atoms with E-state index in [1.165, 1.54) is 0 Å². The van der Waals surface area contributed by atoms with Gasteiger partial charge in [0.2, 0.25) is 10.0 Å². The van der Waals surface area contributed by atoms with Gasteiger partial charge in [-0.05, 0) is 6.92 Å². The maximum Gasteiger partial charge on any atom is 0.224 e. The quantitative estimate of drug-likeness (QED) is 0.458. The van der Waals surface area contributed by atoms with Crippen molar-refractivity contribution >= 4 is 10.0 Å². The van der Waals surface area contributed by atoms with Gasteiger partial charge in [0.15, 0.2) is 0 Å². The van der Waals surface area contributed by atoms with Gasteiger partial charge in [0.1, 0.15) is 5.88 Å². The average Bonchev–Trinajstić information content (AvgIpc) is 1.78. The molecule has 1 heterocycles. The minimum absolute atomic E-state index is 0.0498. The third kappa shape index (κ3) is 1.92. The molecule has 0 amide bonds. The molecule has 1 rings (SSSR count).